The van der Waals surface area contributed by atoms with Gasteiger partial charge in [0.25, 0.3) is 0 Å². The van der Waals surface area contributed by atoms with E-state index in [1.807, 2.05) is 0 Å². The molecule has 0 aromatic carbocycles. The molecule has 0 atom stereocenters. The van der Waals surface area contributed by atoms with Gasteiger partial charge in [0.2, 0.25) is 5.95 Å². The van der Waals surface area contributed by atoms with Gasteiger partial charge >= 0.3 is 0 Å². The molecule has 4 nitrogen and oxygen atoms in total. The minimum Gasteiger partial charge on any atom is -0.340 e. The van der Waals surface area contributed by atoms with Gasteiger partial charge in [-0.1, -0.05) is 12.8 Å². The van der Waals surface area contributed by atoms with Crippen molar-refractivity contribution in [3.05, 3.63) is 11.9 Å². The quantitative estimate of drug-likeness (QED) is 0.846. The Morgan fingerprint density at radius 1 is 1.24 bits per heavy atom. The molecule has 0 unspecified atom stereocenters. The van der Waals surface area contributed by atoms with Crippen LogP contribution in [0.1, 0.15) is 37.4 Å². The summed E-state index contributed by atoms with van der Waals surface area (Å²) in [5.41, 5.74) is 1.16. The summed E-state index contributed by atoms with van der Waals surface area (Å²) in [6, 6.07) is 0.695. The van der Waals surface area contributed by atoms with Crippen LogP contribution in [0, 0.1) is 6.92 Å². The Bertz CT molecular complexity index is 373. The first-order chi connectivity index (χ1) is 8.34. The van der Waals surface area contributed by atoms with E-state index in [9.17, 15) is 0 Å². The molecule has 1 aromatic rings. The average Bonchev–Trinajstić information content (AvgIpc) is 2.98. The number of piperazine rings is 1. The molecular weight excluding hydrogens is 212 g/mol. The third-order valence-corrected chi connectivity index (χ3v) is 3.95. The largest absolute Gasteiger partial charge is 0.340 e. The van der Waals surface area contributed by atoms with E-state index in [0.29, 0.717) is 6.04 Å². The highest BCUT2D eigenvalue weighted by Crippen LogP contribution is 2.33. The van der Waals surface area contributed by atoms with Gasteiger partial charge in [-0.15, -0.1) is 0 Å². The Morgan fingerprint density at radius 3 is 2.65 bits per heavy atom. The van der Waals surface area contributed by atoms with E-state index in [4.69, 9.17) is 4.98 Å². The second-order valence-electron chi connectivity index (χ2n) is 5.26. The average molecular weight is 234 g/mol. The van der Waals surface area contributed by atoms with E-state index in [1.165, 1.54) is 31.6 Å². The molecule has 1 aromatic heterocycles. The Hall–Kier alpha value is -1.03. The molecule has 0 spiro atoms. The minimum atomic E-state index is 0.695. The number of aryl methyl sites for hydroxylation is 1. The van der Waals surface area contributed by atoms with E-state index in [1.54, 1.807) is 0 Å². The van der Waals surface area contributed by atoms with E-state index < -0.39 is 0 Å². The minimum absolute atomic E-state index is 0.695. The molecule has 1 N–H and O–H groups in total. The molecule has 1 aliphatic heterocycles. The first-order valence-electron chi connectivity index (χ1n) is 6.86. The summed E-state index contributed by atoms with van der Waals surface area (Å²) in [5.74, 6) is 1.20. The van der Waals surface area contributed by atoms with Gasteiger partial charge < -0.3 is 14.8 Å². The predicted molar refractivity (Wildman–Crippen MR) is 69.6 cm³/mol. The molecule has 17 heavy (non-hydrogen) atoms. The normalized spacial score (nSPS) is 22.3. The molecule has 2 heterocycles. The van der Waals surface area contributed by atoms with Gasteiger partial charge in [0.1, 0.15) is 0 Å². The molecule has 3 rings (SSSR count). The number of imidazole rings is 1. The van der Waals surface area contributed by atoms with Gasteiger partial charge in [0.15, 0.2) is 0 Å². The fourth-order valence-electron chi connectivity index (χ4n) is 3.05. The van der Waals surface area contributed by atoms with Crippen molar-refractivity contribution in [2.75, 3.05) is 31.1 Å². The van der Waals surface area contributed by atoms with Crippen molar-refractivity contribution in [1.82, 2.24) is 14.9 Å². The summed E-state index contributed by atoms with van der Waals surface area (Å²) in [7, 11) is 0. The number of aromatic nitrogens is 2. The number of hydrogen-bond donors (Lipinski definition) is 1. The summed E-state index contributed by atoms with van der Waals surface area (Å²) in [6.45, 7) is 6.44. The van der Waals surface area contributed by atoms with Gasteiger partial charge in [0, 0.05) is 38.4 Å². The van der Waals surface area contributed by atoms with E-state index in [2.05, 4.69) is 27.9 Å². The molecule has 1 saturated carbocycles. The Balaban J connectivity index is 1.86. The van der Waals surface area contributed by atoms with Crippen LogP contribution >= 0.6 is 0 Å². The maximum Gasteiger partial charge on any atom is 0.206 e. The highest BCUT2D eigenvalue weighted by atomic mass is 15.3. The van der Waals surface area contributed by atoms with Crippen LogP contribution in [-0.2, 0) is 0 Å². The molecule has 2 fully saturated rings. The lowest BCUT2D eigenvalue weighted by Gasteiger charge is -2.30. The summed E-state index contributed by atoms with van der Waals surface area (Å²) in [4.78, 5) is 7.17. The first kappa shape index (κ1) is 11.1. The molecule has 2 aliphatic rings. The first-order valence-corrected chi connectivity index (χ1v) is 6.86. The number of nitrogens with zero attached hydrogens (tertiary/aromatic N) is 3. The zero-order valence-corrected chi connectivity index (χ0v) is 10.7. The van der Waals surface area contributed by atoms with Crippen LogP contribution in [0.25, 0.3) is 0 Å². The lowest BCUT2D eigenvalue weighted by molar-refractivity contribution is 0.498. The second-order valence-corrected chi connectivity index (χ2v) is 5.26. The van der Waals surface area contributed by atoms with Crippen LogP contribution in [-0.4, -0.2) is 35.7 Å². The standard InChI is InChI=1S/C13H22N4/c1-11-10-17(12-4-2-3-5-12)13(15-11)16-8-6-14-7-9-16/h10,12,14H,2-9H2,1H3. The predicted octanol–water partition coefficient (Wildman–Crippen LogP) is 1.72. The van der Waals surface area contributed by atoms with Crippen LogP contribution in [0.5, 0.6) is 0 Å². The van der Waals surface area contributed by atoms with Crippen LogP contribution in [0.15, 0.2) is 6.20 Å². The van der Waals surface area contributed by atoms with Gasteiger partial charge in [-0.3, -0.25) is 0 Å². The lowest BCUT2D eigenvalue weighted by atomic mass is 10.2. The van der Waals surface area contributed by atoms with Crippen LogP contribution in [0.4, 0.5) is 5.95 Å². The summed E-state index contributed by atoms with van der Waals surface area (Å²) >= 11 is 0. The zero-order chi connectivity index (χ0) is 11.7. The maximum absolute atomic E-state index is 4.74. The molecule has 0 bridgehead atoms. The Kier molecular flexibility index (Phi) is 3.05. The van der Waals surface area contributed by atoms with Gasteiger partial charge in [0.05, 0.1) is 5.69 Å². The van der Waals surface area contributed by atoms with Crippen LogP contribution in [0.3, 0.4) is 0 Å². The fraction of sp³-hybridized carbons (Fsp3) is 0.769. The Labute approximate surface area is 103 Å². The molecule has 1 saturated heterocycles. The van der Waals surface area contributed by atoms with E-state index in [0.717, 1.165) is 31.9 Å². The SMILES string of the molecule is Cc1cn(C2CCCC2)c(N2CCNCC2)n1. The summed E-state index contributed by atoms with van der Waals surface area (Å²) in [6.07, 6.45) is 7.66. The Morgan fingerprint density at radius 2 is 1.94 bits per heavy atom. The molecule has 0 radical (unpaired) electrons. The summed E-state index contributed by atoms with van der Waals surface area (Å²) in [5, 5.41) is 3.40. The topological polar surface area (TPSA) is 33.1 Å². The number of hydrogen-bond acceptors (Lipinski definition) is 3. The molecule has 0 amide bonds. The zero-order valence-electron chi connectivity index (χ0n) is 10.7. The van der Waals surface area contributed by atoms with Crippen molar-refractivity contribution in [1.29, 1.82) is 0 Å². The van der Waals surface area contributed by atoms with Gasteiger partial charge in [-0.2, -0.15) is 0 Å². The lowest BCUT2D eigenvalue weighted by Crippen LogP contribution is -2.44. The number of anilines is 1. The van der Waals surface area contributed by atoms with E-state index in [-0.39, 0.29) is 0 Å². The van der Waals surface area contributed by atoms with Crippen molar-refractivity contribution in [3.63, 3.8) is 0 Å². The third kappa shape index (κ3) is 2.18. The van der Waals surface area contributed by atoms with Crippen molar-refractivity contribution in [3.8, 4) is 0 Å². The molecule has 1 aliphatic carbocycles. The molecule has 94 valence electrons. The number of nitrogens with one attached hydrogen (secondary N) is 1. The van der Waals surface area contributed by atoms with E-state index >= 15 is 0 Å². The molecule has 4 heteroatoms. The molecular formula is C13H22N4. The van der Waals surface area contributed by atoms with Crippen LogP contribution < -0.4 is 10.2 Å². The van der Waals surface area contributed by atoms with Crippen molar-refractivity contribution in [2.24, 2.45) is 0 Å². The maximum atomic E-state index is 4.74. The van der Waals surface area contributed by atoms with Crippen molar-refractivity contribution >= 4 is 5.95 Å². The van der Waals surface area contributed by atoms with Crippen LogP contribution in [0.2, 0.25) is 0 Å². The van der Waals surface area contributed by atoms with Crippen molar-refractivity contribution < 1.29 is 0 Å². The smallest absolute Gasteiger partial charge is 0.206 e. The summed E-state index contributed by atoms with van der Waals surface area (Å²) < 4.78 is 2.44. The van der Waals surface area contributed by atoms with Crippen molar-refractivity contribution in [2.45, 2.75) is 38.6 Å². The second kappa shape index (κ2) is 4.69. The number of rotatable bonds is 2. The highest BCUT2D eigenvalue weighted by molar-refractivity contribution is 5.35. The monoisotopic (exact) mass is 234 g/mol. The highest BCUT2D eigenvalue weighted by Gasteiger charge is 2.23. The fourth-order valence-corrected chi connectivity index (χ4v) is 3.05. The van der Waals surface area contributed by atoms with Gasteiger partial charge in [-0.25, -0.2) is 4.98 Å². The third-order valence-electron chi connectivity index (χ3n) is 3.95. The van der Waals surface area contributed by atoms with Gasteiger partial charge in [-0.05, 0) is 19.8 Å².